The predicted molar refractivity (Wildman–Crippen MR) is 81.2 cm³/mol. The van der Waals surface area contributed by atoms with Crippen molar-refractivity contribution < 1.29 is 14.3 Å². The average Bonchev–Trinajstić information content (AvgIpc) is 2.57. The largest absolute Gasteiger partial charge is 0.444 e. The first-order chi connectivity index (χ1) is 9.92. The van der Waals surface area contributed by atoms with Crippen molar-refractivity contribution in [2.24, 2.45) is 5.92 Å². The number of hydrogen-bond acceptors (Lipinski definition) is 3. The Morgan fingerprint density at radius 1 is 1.10 bits per heavy atom. The minimum absolute atomic E-state index is 0.132. The standard InChI is InChI=1S/C17H29NO3/c1-17(2,3)21-16(19)18-13-7-8-14(18)10-15(9-13)20-11-12-5-4-6-12/h12-15H,4-11H2,1-3H3/t13-,14?,15?/m1/s1. The van der Waals surface area contributed by atoms with E-state index in [4.69, 9.17) is 9.47 Å². The molecule has 2 bridgehead atoms. The van der Waals surface area contributed by atoms with Crippen LogP contribution in [-0.4, -0.2) is 41.4 Å². The Hall–Kier alpha value is -0.770. The molecule has 0 aromatic heterocycles. The van der Waals surface area contributed by atoms with E-state index in [1.807, 2.05) is 25.7 Å². The number of hydrogen-bond donors (Lipinski definition) is 0. The van der Waals surface area contributed by atoms with Gasteiger partial charge in [0.05, 0.1) is 6.10 Å². The van der Waals surface area contributed by atoms with Crippen molar-refractivity contribution in [3.63, 3.8) is 0 Å². The number of carbonyl (C=O) groups excluding carboxylic acids is 1. The van der Waals surface area contributed by atoms with Crippen LogP contribution in [-0.2, 0) is 9.47 Å². The number of ether oxygens (including phenoxy) is 2. The van der Waals surface area contributed by atoms with Crippen molar-refractivity contribution in [3.05, 3.63) is 0 Å². The molecule has 3 rings (SSSR count). The first-order valence-corrected chi connectivity index (χ1v) is 8.55. The maximum absolute atomic E-state index is 12.4. The van der Waals surface area contributed by atoms with Crippen molar-refractivity contribution in [2.75, 3.05) is 6.61 Å². The van der Waals surface area contributed by atoms with Gasteiger partial charge >= 0.3 is 6.09 Å². The Balaban J connectivity index is 1.52. The van der Waals surface area contributed by atoms with Crippen LogP contribution >= 0.6 is 0 Å². The maximum atomic E-state index is 12.4. The van der Waals surface area contributed by atoms with E-state index in [9.17, 15) is 4.79 Å². The van der Waals surface area contributed by atoms with Crippen LogP contribution in [0.2, 0.25) is 0 Å². The molecule has 0 N–H and O–H groups in total. The fraction of sp³-hybridized carbons (Fsp3) is 0.941. The van der Waals surface area contributed by atoms with Gasteiger partial charge in [-0.25, -0.2) is 4.79 Å². The first-order valence-electron chi connectivity index (χ1n) is 8.55. The van der Waals surface area contributed by atoms with Crippen molar-refractivity contribution >= 4 is 6.09 Å². The van der Waals surface area contributed by atoms with Crippen LogP contribution < -0.4 is 0 Å². The molecule has 0 aromatic carbocycles. The highest BCUT2D eigenvalue weighted by Crippen LogP contribution is 2.38. The zero-order valence-electron chi connectivity index (χ0n) is 13.6. The first kappa shape index (κ1) is 15.1. The molecule has 4 nitrogen and oxygen atoms in total. The van der Waals surface area contributed by atoms with E-state index in [0.29, 0.717) is 18.2 Å². The average molecular weight is 295 g/mol. The zero-order valence-corrected chi connectivity index (χ0v) is 13.6. The number of carbonyl (C=O) groups is 1. The van der Waals surface area contributed by atoms with Gasteiger partial charge in [0, 0.05) is 18.7 Å². The van der Waals surface area contributed by atoms with Gasteiger partial charge in [0.1, 0.15) is 5.60 Å². The van der Waals surface area contributed by atoms with E-state index >= 15 is 0 Å². The van der Waals surface area contributed by atoms with Crippen LogP contribution in [0.1, 0.15) is 65.7 Å². The molecule has 2 heterocycles. The molecule has 0 spiro atoms. The number of amides is 1. The highest BCUT2D eigenvalue weighted by Gasteiger charge is 2.45. The Bertz CT molecular complexity index is 372. The molecule has 21 heavy (non-hydrogen) atoms. The summed E-state index contributed by atoms with van der Waals surface area (Å²) in [5.74, 6) is 0.798. The third-order valence-electron chi connectivity index (χ3n) is 5.09. The van der Waals surface area contributed by atoms with E-state index in [1.54, 1.807) is 0 Å². The summed E-state index contributed by atoms with van der Waals surface area (Å²) in [6, 6.07) is 0.648. The van der Waals surface area contributed by atoms with Gasteiger partial charge in [-0.15, -0.1) is 0 Å². The molecular weight excluding hydrogens is 266 g/mol. The fourth-order valence-corrected chi connectivity index (χ4v) is 3.81. The molecule has 0 aromatic rings. The molecule has 2 saturated heterocycles. The summed E-state index contributed by atoms with van der Waals surface area (Å²) in [6.45, 7) is 6.72. The van der Waals surface area contributed by atoms with Gasteiger partial charge in [-0.1, -0.05) is 6.42 Å². The number of nitrogens with zero attached hydrogens (tertiary/aromatic N) is 1. The van der Waals surface area contributed by atoms with Crippen molar-refractivity contribution in [2.45, 2.75) is 89.5 Å². The third-order valence-corrected chi connectivity index (χ3v) is 5.09. The molecule has 3 aliphatic rings. The summed E-state index contributed by atoms with van der Waals surface area (Å²) in [4.78, 5) is 14.4. The van der Waals surface area contributed by atoms with Crippen LogP contribution in [0, 0.1) is 5.92 Å². The molecule has 1 aliphatic carbocycles. The third kappa shape index (κ3) is 3.53. The topological polar surface area (TPSA) is 38.8 Å². The quantitative estimate of drug-likeness (QED) is 0.796. The summed E-state index contributed by atoms with van der Waals surface area (Å²) < 4.78 is 11.7. The summed E-state index contributed by atoms with van der Waals surface area (Å²) in [5, 5.41) is 0. The van der Waals surface area contributed by atoms with E-state index in [0.717, 1.165) is 38.2 Å². The second-order valence-corrected chi connectivity index (χ2v) is 8.00. The van der Waals surface area contributed by atoms with Crippen LogP contribution in [0.3, 0.4) is 0 Å². The summed E-state index contributed by atoms with van der Waals surface area (Å²) >= 11 is 0. The lowest BCUT2D eigenvalue weighted by Crippen LogP contribution is -2.50. The Morgan fingerprint density at radius 2 is 1.71 bits per heavy atom. The van der Waals surface area contributed by atoms with Crippen molar-refractivity contribution in [1.29, 1.82) is 0 Å². The minimum atomic E-state index is -0.409. The van der Waals surface area contributed by atoms with Gasteiger partial charge in [-0.05, 0) is 65.2 Å². The number of piperidine rings is 1. The highest BCUT2D eigenvalue weighted by atomic mass is 16.6. The van der Waals surface area contributed by atoms with E-state index in [2.05, 4.69) is 0 Å². The normalized spacial score (nSPS) is 32.9. The van der Waals surface area contributed by atoms with E-state index in [-0.39, 0.29) is 6.09 Å². The van der Waals surface area contributed by atoms with Gasteiger partial charge in [0.15, 0.2) is 0 Å². The molecule has 1 amide bonds. The lowest BCUT2D eigenvalue weighted by molar-refractivity contribution is -0.0489. The molecule has 120 valence electrons. The van der Waals surface area contributed by atoms with Gasteiger partial charge in [0.25, 0.3) is 0 Å². The molecule has 3 atom stereocenters. The molecule has 2 aliphatic heterocycles. The Morgan fingerprint density at radius 3 is 2.19 bits per heavy atom. The molecule has 3 fully saturated rings. The minimum Gasteiger partial charge on any atom is -0.444 e. The summed E-state index contributed by atoms with van der Waals surface area (Å²) in [7, 11) is 0. The predicted octanol–water partition coefficient (Wildman–Crippen LogP) is 3.73. The van der Waals surface area contributed by atoms with Crippen LogP contribution in [0.5, 0.6) is 0 Å². The highest BCUT2D eigenvalue weighted by molar-refractivity contribution is 5.69. The Kier molecular flexibility index (Phi) is 4.17. The monoisotopic (exact) mass is 295 g/mol. The fourth-order valence-electron chi connectivity index (χ4n) is 3.81. The molecule has 0 radical (unpaired) electrons. The summed E-state index contributed by atoms with van der Waals surface area (Å²) in [5.41, 5.74) is -0.409. The van der Waals surface area contributed by atoms with Crippen LogP contribution in [0.25, 0.3) is 0 Å². The van der Waals surface area contributed by atoms with Gasteiger partial charge in [-0.3, -0.25) is 0 Å². The maximum Gasteiger partial charge on any atom is 0.410 e. The van der Waals surface area contributed by atoms with Crippen molar-refractivity contribution in [1.82, 2.24) is 4.90 Å². The number of fused-ring (bicyclic) bond motifs is 2. The molecule has 2 unspecified atom stereocenters. The lowest BCUT2D eigenvalue weighted by atomic mass is 9.86. The van der Waals surface area contributed by atoms with Gasteiger partial charge in [-0.2, -0.15) is 0 Å². The molecule has 4 heteroatoms. The van der Waals surface area contributed by atoms with Gasteiger partial charge < -0.3 is 14.4 Å². The Labute approximate surface area is 128 Å². The number of rotatable bonds is 3. The lowest BCUT2D eigenvalue weighted by Gasteiger charge is -2.40. The second-order valence-electron chi connectivity index (χ2n) is 8.00. The SMILES string of the molecule is CC(C)(C)OC(=O)N1C2CC[C@@H]1CC(OCC1CCC1)C2. The molecular formula is C17H29NO3. The van der Waals surface area contributed by atoms with Gasteiger partial charge in [0.2, 0.25) is 0 Å². The van der Waals surface area contributed by atoms with E-state index < -0.39 is 5.60 Å². The van der Waals surface area contributed by atoms with Crippen molar-refractivity contribution in [3.8, 4) is 0 Å². The van der Waals surface area contributed by atoms with E-state index in [1.165, 1.54) is 19.3 Å². The molecule has 1 saturated carbocycles. The second kappa shape index (κ2) is 5.79. The van der Waals surface area contributed by atoms with Crippen LogP contribution in [0.15, 0.2) is 0 Å². The smallest absolute Gasteiger partial charge is 0.410 e. The van der Waals surface area contributed by atoms with Crippen LogP contribution in [0.4, 0.5) is 4.79 Å². The zero-order chi connectivity index (χ0) is 15.0. The summed E-state index contributed by atoms with van der Waals surface area (Å²) in [6.07, 6.45) is 8.45.